The van der Waals surface area contributed by atoms with E-state index in [-0.39, 0.29) is 59.1 Å². The molecule has 0 saturated carbocycles. The fourth-order valence-corrected chi connectivity index (χ4v) is 0.511. The van der Waals surface area contributed by atoms with Crippen LogP contribution >= 0.6 is 0 Å². The predicted octanol–water partition coefficient (Wildman–Crippen LogP) is 0.0894. The normalized spacial score (nSPS) is 7.20. The van der Waals surface area contributed by atoms with E-state index in [2.05, 4.69) is 0 Å². The van der Waals surface area contributed by atoms with E-state index in [9.17, 15) is 0 Å². The summed E-state index contributed by atoms with van der Waals surface area (Å²) in [4.78, 5) is 0. The third-order valence-corrected chi connectivity index (χ3v) is 0.996. The van der Waals surface area contributed by atoms with Crippen LogP contribution in [0, 0.1) is 0 Å². The summed E-state index contributed by atoms with van der Waals surface area (Å²) >= 11 is 0. The maximum atomic E-state index is 5.39. The number of rotatable bonds is 0. The zero-order valence-corrected chi connectivity index (χ0v) is 10.5. The smallest absolute Gasteiger partial charge is 0.0547 e. The van der Waals surface area contributed by atoms with Crippen molar-refractivity contribution in [2.75, 3.05) is 11.5 Å². The van der Waals surface area contributed by atoms with Crippen molar-refractivity contribution in [3.05, 3.63) is 24.3 Å². The van der Waals surface area contributed by atoms with Gasteiger partial charge in [-0.3, -0.25) is 0 Å². The molecule has 0 fully saturated rings. The van der Waals surface area contributed by atoms with Gasteiger partial charge in [-0.2, -0.15) is 0 Å². The first-order valence-electron chi connectivity index (χ1n) is 2.40. The summed E-state index contributed by atoms with van der Waals surface area (Å²) in [5.74, 6) is 0. The Balaban J connectivity index is 0. The molecular weight excluding hydrogens is 146 g/mol. The van der Waals surface area contributed by atoms with Crippen molar-refractivity contribution in [3.63, 3.8) is 0 Å². The van der Waals surface area contributed by atoms with E-state index in [0.29, 0.717) is 11.4 Å². The van der Waals surface area contributed by atoms with E-state index in [1.54, 1.807) is 12.1 Å². The number of hydrogen-bond acceptors (Lipinski definition) is 2. The van der Waals surface area contributed by atoms with Gasteiger partial charge in [-0.1, -0.05) is 12.1 Å². The Morgan fingerprint density at radius 1 is 0.800 bits per heavy atom. The van der Waals surface area contributed by atoms with Gasteiger partial charge in [-0.05, 0) is 12.1 Å². The summed E-state index contributed by atoms with van der Waals surface area (Å²) in [6.45, 7) is 0. The standard InChI is InChI=1S/C6H8N2.2Na/c7-5-3-1-2-4-6(5)8;;/h1-4H,7-8H2;;. The number of hydrogen-bond donors (Lipinski definition) is 2. The first kappa shape index (κ1) is 13.4. The molecule has 0 spiro atoms. The Kier molecular flexibility index (Phi) is 8.75. The fraction of sp³-hybridized carbons (Fsp3) is 0. The first-order chi connectivity index (χ1) is 3.80. The molecule has 4 heteroatoms. The van der Waals surface area contributed by atoms with Crippen LogP contribution < -0.4 is 11.5 Å². The van der Waals surface area contributed by atoms with Crippen molar-refractivity contribution in [3.8, 4) is 0 Å². The van der Waals surface area contributed by atoms with Gasteiger partial charge < -0.3 is 11.5 Å². The van der Waals surface area contributed by atoms with Crippen LogP contribution in [0.25, 0.3) is 0 Å². The molecule has 2 nitrogen and oxygen atoms in total. The van der Waals surface area contributed by atoms with Crippen LogP contribution in [-0.2, 0) is 0 Å². The Bertz CT molecular complexity index is 170. The van der Waals surface area contributed by atoms with Crippen LogP contribution in [0.1, 0.15) is 0 Å². The average molecular weight is 154 g/mol. The van der Waals surface area contributed by atoms with Crippen molar-refractivity contribution in [2.45, 2.75) is 0 Å². The van der Waals surface area contributed by atoms with Gasteiger partial charge in [0.2, 0.25) is 0 Å². The molecule has 1 rings (SSSR count). The van der Waals surface area contributed by atoms with Crippen molar-refractivity contribution in [1.29, 1.82) is 0 Å². The molecule has 0 aliphatic rings. The maximum Gasteiger partial charge on any atom is 0.0547 e. The van der Waals surface area contributed by atoms with E-state index >= 15 is 0 Å². The molecule has 0 amide bonds. The second-order valence-electron chi connectivity index (χ2n) is 1.63. The molecule has 0 aromatic heterocycles. The van der Waals surface area contributed by atoms with Crippen LogP contribution in [0.15, 0.2) is 24.3 Å². The van der Waals surface area contributed by atoms with Crippen LogP contribution in [0.4, 0.5) is 11.4 Å². The fourth-order valence-electron chi connectivity index (χ4n) is 0.511. The minimum atomic E-state index is 0. The Morgan fingerprint density at radius 3 is 1.30 bits per heavy atom. The molecule has 0 heterocycles. The van der Waals surface area contributed by atoms with Gasteiger partial charge in [0.05, 0.1) is 11.4 Å². The molecular formula is C6H8N2Na2. The van der Waals surface area contributed by atoms with Gasteiger partial charge in [0.1, 0.15) is 0 Å². The van der Waals surface area contributed by atoms with Crippen LogP contribution in [-0.4, -0.2) is 59.1 Å². The van der Waals surface area contributed by atoms with E-state index in [0.717, 1.165) is 0 Å². The average Bonchev–Trinajstić information content (AvgIpc) is 1.77. The molecule has 0 bridgehead atoms. The Morgan fingerprint density at radius 2 is 1.10 bits per heavy atom. The SMILES string of the molecule is Nc1ccccc1N.[Na].[Na]. The Hall–Kier alpha value is 0.820. The van der Waals surface area contributed by atoms with E-state index in [1.807, 2.05) is 12.1 Å². The van der Waals surface area contributed by atoms with Gasteiger partial charge in [0.15, 0.2) is 0 Å². The minimum Gasteiger partial charge on any atom is -0.397 e. The number of anilines is 2. The monoisotopic (exact) mass is 154 g/mol. The second kappa shape index (κ2) is 6.53. The summed E-state index contributed by atoms with van der Waals surface area (Å²) in [5, 5.41) is 0. The molecule has 0 unspecified atom stereocenters. The summed E-state index contributed by atoms with van der Waals surface area (Å²) in [7, 11) is 0. The number of nitrogen functional groups attached to an aromatic ring is 2. The molecule has 10 heavy (non-hydrogen) atoms. The van der Waals surface area contributed by atoms with E-state index in [4.69, 9.17) is 11.5 Å². The minimum absolute atomic E-state index is 0. The first-order valence-corrected chi connectivity index (χ1v) is 2.40. The molecule has 0 saturated heterocycles. The van der Waals surface area contributed by atoms with Crippen LogP contribution in [0.5, 0.6) is 0 Å². The third kappa shape index (κ3) is 3.86. The molecule has 4 N–H and O–H groups in total. The van der Waals surface area contributed by atoms with Gasteiger partial charge >= 0.3 is 0 Å². The van der Waals surface area contributed by atoms with Gasteiger partial charge in [-0.15, -0.1) is 0 Å². The number of benzene rings is 1. The largest absolute Gasteiger partial charge is 0.397 e. The van der Waals surface area contributed by atoms with Crippen molar-refractivity contribution in [2.24, 2.45) is 0 Å². The Labute approximate surface area is 105 Å². The van der Waals surface area contributed by atoms with Gasteiger partial charge in [0.25, 0.3) is 0 Å². The van der Waals surface area contributed by atoms with Crippen molar-refractivity contribution in [1.82, 2.24) is 0 Å². The maximum absolute atomic E-state index is 5.39. The number of nitrogens with two attached hydrogens (primary N) is 2. The molecule has 1 aromatic rings. The van der Waals surface area contributed by atoms with Crippen molar-refractivity contribution < 1.29 is 0 Å². The van der Waals surface area contributed by atoms with Gasteiger partial charge in [0, 0.05) is 59.1 Å². The summed E-state index contributed by atoms with van der Waals surface area (Å²) < 4.78 is 0. The third-order valence-electron chi connectivity index (χ3n) is 0.996. The zero-order chi connectivity index (χ0) is 5.98. The molecule has 44 valence electrons. The molecule has 1 aromatic carbocycles. The quantitative estimate of drug-likeness (QED) is 0.411. The van der Waals surface area contributed by atoms with E-state index < -0.39 is 0 Å². The molecule has 2 radical (unpaired) electrons. The van der Waals surface area contributed by atoms with Crippen molar-refractivity contribution >= 4 is 70.5 Å². The molecule has 0 aliphatic heterocycles. The summed E-state index contributed by atoms with van der Waals surface area (Å²) in [6.07, 6.45) is 0. The number of para-hydroxylation sites is 2. The summed E-state index contributed by atoms with van der Waals surface area (Å²) in [5.41, 5.74) is 12.1. The molecule has 0 aliphatic carbocycles. The van der Waals surface area contributed by atoms with Gasteiger partial charge in [-0.25, -0.2) is 0 Å². The van der Waals surface area contributed by atoms with Crippen LogP contribution in [0.3, 0.4) is 0 Å². The zero-order valence-electron chi connectivity index (χ0n) is 6.46. The molecule has 0 atom stereocenters. The van der Waals surface area contributed by atoms with E-state index in [1.165, 1.54) is 0 Å². The predicted molar refractivity (Wildman–Crippen MR) is 46.8 cm³/mol. The van der Waals surface area contributed by atoms with Crippen LogP contribution in [0.2, 0.25) is 0 Å². The topological polar surface area (TPSA) is 52.0 Å². The second-order valence-corrected chi connectivity index (χ2v) is 1.63. The summed E-state index contributed by atoms with van der Waals surface area (Å²) in [6, 6.07) is 7.25.